The highest BCUT2D eigenvalue weighted by molar-refractivity contribution is 5.77. The minimum atomic E-state index is -0.335. The van der Waals surface area contributed by atoms with E-state index in [0.29, 0.717) is 0 Å². The van der Waals surface area contributed by atoms with Gasteiger partial charge in [0.25, 0.3) is 0 Å². The number of furan rings is 1. The molecule has 17 heavy (non-hydrogen) atoms. The predicted molar refractivity (Wildman–Crippen MR) is 70.7 cm³/mol. The maximum atomic E-state index is 5.79. The van der Waals surface area contributed by atoms with Crippen LogP contribution in [-0.2, 0) is 0 Å². The fraction of sp³-hybridized carbons (Fsp3) is 0.333. The number of fused-ring (bicyclic) bond motifs is 1. The van der Waals surface area contributed by atoms with Crippen LogP contribution in [0.25, 0.3) is 11.0 Å². The molecular weight excluding hydrogens is 210 g/mol. The van der Waals surface area contributed by atoms with Gasteiger partial charge in [0.1, 0.15) is 11.3 Å². The van der Waals surface area contributed by atoms with Gasteiger partial charge in [-0.25, -0.2) is 0 Å². The number of nitrogens with one attached hydrogen (secondary N) is 1. The Labute approximate surface area is 102 Å². The Balaban J connectivity index is 2.25. The van der Waals surface area contributed by atoms with E-state index in [1.165, 1.54) is 0 Å². The average molecular weight is 227 g/mol. The van der Waals surface area contributed by atoms with E-state index in [9.17, 15) is 0 Å². The number of rotatable bonds is 3. The second-order valence-electron chi connectivity index (χ2n) is 4.82. The van der Waals surface area contributed by atoms with Gasteiger partial charge in [-0.15, -0.1) is 6.42 Å². The van der Waals surface area contributed by atoms with Crippen LogP contribution in [-0.4, -0.2) is 5.54 Å². The van der Waals surface area contributed by atoms with Gasteiger partial charge >= 0.3 is 0 Å². The van der Waals surface area contributed by atoms with Crippen molar-refractivity contribution in [3.05, 3.63) is 36.1 Å². The third-order valence-corrected chi connectivity index (χ3v) is 2.81. The van der Waals surface area contributed by atoms with Crippen LogP contribution in [0.5, 0.6) is 0 Å². The number of benzene rings is 1. The van der Waals surface area contributed by atoms with Crippen molar-refractivity contribution in [3.63, 3.8) is 0 Å². The number of terminal acetylenes is 1. The van der Waals surface area contributed by atoms with E-state index in [4.69, 9.17) is 10.8 Å². The van der Waals surface area contributed by atoms with Crippen molar-refractivity contribution < 1.29 is 4.42 Å². The molecule has 0 fully saturated rings. The van der Waals surface area contributed by atoms with E-state index < -0.39 is 0 Å². The molecule has 1 aromatic carbocycles. The van der Waals surface area contributed by atoms with Gasteiger partial charge in [-0.05, 0) is 32.9 Å². The van der Waals surface area contributed by atoms with Gasteiger partial charge in [0.15, 0.2) is 0 Å². The molecule has 2 nitrogen and oxygen atoms in total. The first-order valence-electron chi connectivity index (χ1n) is 5.76. The summed E-state index contributed by atoms with van der Waals surface area (Å²) >= 11 is 0. The van der Waals surface area contributed by atoms with Gasteiger partial charge in [0.05, 0.1) is 11.6 Å². The molecule has 2 heteroatoms. The molecule has 0 aliphatic carbocycles. The van der Waals surface area contributed by atoms with Gasteiger partial charge in [-0.2, -0.15) is 0 Å². The molecule has 2 aromatic rings. The predicted octanol–water partition coefficient (Wildman–Crippen LogP) is 3.50. The summed E-state index contributed by atoms with van der Waals surface area (Å²) in [7, 11) is 0. The molecule has 0 bridgehead atoms. The van der Waals surface area contributed by atoms with Crippen molar-refractivity contribution >= 4 is 11.0 Å². The molecule has 0 aliphatic rings. The lowest BCUT2D eigenvalue weighted by atomic mass is 10.0. The smallest absolute Gasteiger partial charge is 0.134 e. The van der Waals surface area contributed by atoms with Crippen LogP contribution in [0, 0.1) is 12.3 Å². The van der Waals surface area contributed by atoms with Gasteiger partial charge in [-0.1, -0.05) is 24.1 Å². The van der Waals surface area contributed by atoms with Crippen LogP contribution >= 0.6 is 0 Å². The van der Waals surface area contributed by atoms with Crippen molar-refractivity contribution in [1.29, 1.82) is 0 Å². The molecule has 0 saturated heterocycles. The van der Waals surface area contributed by atoms with E-state index in [0.717, 1.165) is 16.7 Å². The quantitative estimate of drug-likeness (QED) is 0.812. The highest BCUT2D eigenvalue weighted by atomic mass is 16.3. The van der Waals surface area contributed by atoms with Gasteiger partial charge in [0.2, 0.25) is 0 Å². The molecular formula is C15H17NO. The summed E-state index contributed by atoms with van der Waals surface area (Å²) in [5.41, 5.74) is 0.577. The number of hydrogen-bond acceptors (Lipinski definition) is 2. The Morgan fingerprint density at radius 1 is 1.35 bits per heavy atom. The molecule has 0 amide bonds. The van der Waals surface area contributed by atoms with E-state index in [-0.39, 0.29) is 11.6 Å². The van der Waals surface area contributed by atoms with Crippen molar-refractivity contribution in [2.24, 2.45) is 0 Å². The number of para-hydroxylation sites is 1. The lowest BCUT2D eigenvalue weighted by molar-refractivity contribution is 0.381. The minimum absolute atomic E-state index is 0.0912. The Morgan fingerprint density at radius 2 is 2.06 bits per heavy atom. The molecule has 1 atom stereocenters. The first kappa shape index (κ1) is 11.8. The highest BCUT2D eigenvalue weighted by Gasteiger charge is 2.20. The first-order chi connectivity index (χ1) is 8.02. The van der Waals surface area contributed by atoms with Crippen molar-refractivity contribution in [3.8, 4) is 12.3 Å². The van der Waals surface area contributed by atoms with Crippen LogP contribution in [0.1, 0.15) is 32.6 Å². The molecule has 0 spiro atoms. The molecule has 1 heterocycles. The van der Waals surface area contributed by atoms with Crippen LogP contribution in [0.3, 0.4) is 0 Å². The first-order valence-corrected chi connectivity index (χ1v) is 5.76. The van der Waals surface area contributed by atoms with Crippen LogP contribution in [0.15, 0.2) is 34.7 Å². The highest BCUT2D eigenvalue weighted by Crippen LogP contribution is 2.24. The molecule has 2 rings (SSSR count). The zero-order chi connectivity index (χ0) is 12.5. The molecule has 0 radical (unpaired) electrons. The largest absolute Gasteiger partial charge is 0.459 e. The Hall–Kier alpha value is -1.72. The van der Waals surface area contributed by atoms with Gasteiger partial charge in [-0.3, -0.25) is 5.32 Å². The molecule has 0 saturated carbocycles. The van der Waals surface area contributed by atoms with E-state index >= 15 is 0 Å². The third kappa shape index (κ3) is 2.51. The maximum absolute atomic E-state index is 5.79. The fourth-order valence-electron chi connectivity index (χ4n) is 1.87. The van der Waals surface area contributed by atoms with E-state index in [2.05, 4.69) is 24.2 Å². The Kier molecular flexibility index (Phi) is 2.95. The Bertz CT molecular complexity index is 527. The van der Waals surface area contributed by atoms with Crippen LogP contribution in [0.4, 0.5) is 0 Å². The Morgan fingerprint density at radius 3 is 2.71 bits per heavy atom. The molecule has 88 valence electrons. The summed E-state index contributed by atoms with van der Waals surface area (Å²) in [4.78, 5) is 0. The lowest BCUT2D eigenvalue weighted by Crippen LogP contribution is -2.39. The van der Waals surface area contributed by atoms with Crippen molar-refractivity contribution in [1.82, 2.24) is 5.32 Å². The molecule has 1 N–H and O–H groups in total. The fourth-order valence-corrected chi connectivity index (χ4v) is 1.87. The van der Waals surface area contributed by atoms with Crippen LogP contribution < -0.4 is 5.32 Å². The standard InChI is InChI=1S/C15H17NO/c1-5-15(3,4)16-11(2)14-10-12-8-6-7-9-13(12)17-14/h1,6-11,16H,2-4H3. The minimum Gasteiger partial charge on any atom is -0.459 e. The summed E-state index contributed by atoms with van der Waals surface area (Å²) in [6.07, 6.45) is 5.46. The van der Waals surface area contributed by atoms with Crippen molar-refractivity contribution in [2.45, 2.75) is 32.4 Å². The SMILES string of the molecule is C#CC(C)(C)NC(C)c1cc2ccccc2o1. The van der Waals surface area contributed by atoms with Gasteiger partial charge in [0, 0.05) is 5.39 Å². The number of hydrogen-bond donors (Lipinski definition) is 1. The summed E-state index contributed by atoms with van der Waals surface area (Å²) in [6.45, 7) is 6.01. The topological polar surface area (TPSA) is 25.2 Å². The summed E-state index contributed by atoms with van der Waals surface area (Å²) in [5, 5.41) is 4.47. The normalized spacial score (nSPS) is 13.5. The van der Waals surface area contributed by atoms with E-state index in [1.54, 1.807) is 0 Å². The molecule has 0 aliphatic heterocycles. The summed E-state index contributed by atoms with van der Waals surface area (Å²) in [5.74, 6) is 3.63. The zero-order valence-corrected chi connectivity index (χ0v) is 10.4. The zero-order valence-electron chi connectivity index (χ0n) is 10.4. The summed E-state index contributed by atoms with van der Waals surface area (Å²) < 4.78 is 5.79. The maximum Gasteiger partial charge on any atom is 0.134 e. The molecule has 1 aromatic heterocycles. The van der Waals surface area contributed by atoms with Crippen LogP contribution in [0.2, 0.25) is 0 Å². The van der Waals surface area contributed by atoms with Crippen molar-refractivity contribution in [2.75, 3.05) is 0 Å². The second-order valence-corrected chi connectivity index (χ2v) is 4.82. The second kappa shape index (κ2) is 4.27. The lowest BCUT2D eigenvalue weighted by Gasteiger charge is -2.23. The average Bonchev–Trinajstić information content (AvgIpc) is 2.72. The third-order valence-electron chi connectivity index (χ3n) is 2.81. The van der Waals surface area contributed by atoms with Gasteiger partial charge < -0.3 is 4.42 Å². The van der Waals surface area contributed by atoms with E-state index in [1.807, 2.05) is 38.1 Å². The monoisotopic (exact) mass is 227 g/mol. The summed E-state index contributed by atoms with van der Waals surface area (Å²) in [6, 6.07) is 10.1. The molecule has 1 unspecified atom stereocenters.